The summed E-state index contributed by atoms with van der Waals surface area (Å²) in [6.07, 6.45) is 0. The summed E-state index contributed by atoms with van der Waals surface area (Å²) >= 11 is 0. The van der Waals surface area contributed by atoms with Gasteiger partial charge in [-0.15, -0.1) is 0 Å². The Hall–Kier alpha value is -9.18. The zero-order chi connectivity index (χ0) is 46.1. The first-order valence-electron chi connectivity index (χ1n) is 24.0. The lowest BCUT2D eigenvalue weighted by atomic mass is 9.83. The fourth-order valence-electron chi connectivity index (χ4n) is 10.9. The van der Waals surface area contributed by atoms with Gasteiger partial charge >= 0.3 is 0 Å². The Bertz CT molecular complexity index is 4250. The average Bonchev–Trinajstić information content (AvgIpc) is 4.11. The average molecular weight is 894 g/mol. The van der Waals surface area contributed by atoms with Crippen LogP contribution in [0.3, 0.4) is 0 Å². The van der Waals surface area contributed by atoms with Crippen molar-refractivity contribution in [3.8, 4) is 50.2 Å². The normalized spacial score (nSPS) is 12.2. The van der Waals surface area contributed by atoms with Crippen LogP contribution in [0.2, 0.25) is 0 Å². The van der Waals surface area contributed by atoms with E-state index in [1.54, 1.807) is 0 Å². The highest BCUT2D eigenvalue weighted by atomic mass is 16.3. The summed E-state index contributed by atoms with van der Waals surface area (Å²) in [5.74, 6) is 0.00423. The molecule has 328 valence electrons. The Morgan fingerprint density at radius 3 is 1.37 bits per heavy atom. The number of para-hydroxylation sites is 5. The third kappa shape index (κ3) is 6.66. The van der Waals surface area contributed by atoms with Gasteiger partial charge in [-0.25, -0.2) is 0 Å². The molecule has 70 heavy (non-hydrogen) atoms. The molecule has 3 aromatic heterocycles. The van der Waals surface area contributed by atoms with E-state index in [1.807, 2.05) is 24.3 Å². The summed E-state index contributed by atoms with van der Waals surface area (Å²) in [7, 11) is 0. The van der Waals surface area contributed by atoms with Crippen LogP contribution in [0.4, 0.5) is 0 Å². The molecule has 1 atom stereocenters. The summed E-state index contributed by atoms with van der Waals surface area (Å²) in [5.41, 5.74) is 20.2. The molecule has 0 saturated heterocycles. The number of aromatic nitrogens is 1. The van der Waals surface area contributed by atoms with Crippen LogP contribution in [0.1, 0.15) is 22.6 Å². The van der Waals surface area contributed by atoms with E-state index in [-0.39, 0.29) is 5.92 Å². The molecule has 0 bridgehead atoms. The summed E-state index contributed by atoms with van der Waals surface area (Å²) in [4.78, 5) is 0. The SMILES string of the molecule is c1ccc(-n2c3ccccc3c3cc(-c4ccc(-c5ccc(C(c6ccc(-c7ccc8oc9ccccc9c8c7)cc6)c6ccc(-c7cccc8c7oc7ccccc78)cc6)cc5)cc4)ccc32)cc1. The quantitative estimate of drug-likeness (QED) is 0.142. The molecule has 0 spiro atoms. The molecule has 0 radical (unpaired) electrons. The van der Waals surface area contributed by atoms with Gasteiger partial charge < -0.3 is 13.4 Å². The molecule has 14 aromatic rings. The third-order valence-electron chi connectivity index (χ3n) is 14.4. The Kier molecular flexibility index (Phi) is 9.28. The van der Waals surface area contributed by atoms with Gasteiger partial charge in [0.2, 0.25) is 0 Å². The molecule has 3 heterocycles. The minimum atomic E-state index is 0.00423. The summed E-state index contributed by atoms with van der Waals surface area (Å²) in [6, 6.07) is 92.1. The van der Waals surface area contributed by atoms with Crippen molar-refractivity contribution in [3.63, 3.8) is 0 Å². The van der Waals surface area contributed by atoms with Crippen molar-refractivity contribution in [1.82, 2.24) is 4.57 Å². The highest BCUT2D eigenvalue weighted by Gasteiger charge is 2.20. The molecule has 14 rings (SSSR count). The molecule has 11 aromatic carbocycles. The van der Waals surface area contributed by atoms with Crippen LogP contribution in [-0.4, -0.2) is 4.57 Å². The van der Waals surface area contributed by atoms with Crippen LogP contribution in [0, 0.1) is 0 Å². The van der Waals surface area contributed by atoms with Crippen LogP contribution in [0.25, 0.3) is 116 Å². The van der Waals surface area contributed by atoms with Gasteiger partial charge in [0.25, 0.3) is 0 Å². The monoisotopic (exact) mass is 893 g/mol. The minimum Gasteiger partial charge on any atom is -0.456 e. The van der Waals surface area contributed by atoms with Gasteiger partial charge in [-0.2, -0.15) is 0 Å². The van der Waals surface area contributed by atoms with Gasteiger partial charge in [-0.1, -0.05) is 200 Å². The highest BCUT2D eigenvalue weighted by molar-refractivity contribution is 6.11. The number of fused-ring (bicyclic) bond motifs is 9. The van der Waals surface area contributed by atoms with Gasteiger partial charge in [0.15, 0.2) is 0 Å². The Balaban J connectivity index is 0.800. The van der Waals surface area contributed by atoms with Gasteiger partial charge in [-0.05, 0) is 110 Å². The molecule has 0 fully saturated rings. The van der Waals surface area contributed by atoms with Crippen LogP contribution < -0.4 is 0 Å². The largest absolute Gasteiger partial charge is 0.456 e. The molecule has 0 aliphatic carbocycles. The van der Waals surface area contributed by atoms with Crippen LogP contribution >= 0.6 is 0 Å². The fraction of sp³-hybridized carbons (Fsp3) is 0.0149. The van der Waals surface area contributed by atoms with Gasteiger partial charge in [0.1, 0.15) is 22.3 Å². The zero-order valence-corrected chi connectivity index (χ0v) is 38.1. The standard InChI is InChI=1S/C67H43NO2/c1-2-11-53(12-3-1)68-61-18-7-4-13-55(61)59-41-51(37-39-62(59)68)45-23-21-43(22-24-45)44-25-31-48(32-26-44)66(49-33-27-46(28-34-49)52-38-40-65-60(42-52)57-15-6-8-19-63(57)69-65)50-35-29-47(30-36-50)54-16-10-17-58-56-14-5-9-20-64(56)70-67(54)58/h1-42,66H. The van der Waals surface area contributed by atoms with Crippen molar-refractivity contribution in [2.24, 2.45) is 0 Å². The molecular weight excluding hydrogens is 851 g/mol. The number of rotatable bonds is 8. The fourth-order valence-corrected chi connectivity index (χ4v) is 10.9. The summed E-state index contributed by atoms with van der Waals surface area (Å²) < 4.78 is 15.0. The first kappa shape index (κ1) is 39.9. The van der Waals surface area contributed by atoms with E-state index in [0.29, 0.717) is 0 Å². The molecule has 0 saturated carbocycles. The predicted octanol–water partition coefficient (Wildman–Crippen LogP) is 18.4. The number of benzene rings is 11. The smallest absolute Gasteiger partial charge is 0.143 e. The van der Waals surface area contributed by atoms with Crippen molar-refractivity contribution >= 4 is 65.7 Å². The molecule has 3 nitrogen and oxygen atoms in total. The molecule has 0 N–H and O–H groups in total. The van der Waals surface area contributed by atoms with E-state index < -0.39 is 0 Å². The minimum absolute atomic E-state index is 0.00423. The molecule has 0 aliphatic rings. The maximum Gasteiger partial charge on any atom is 0.143 e. The van der Waals surface area contributed by atoms with Crippen molar-refractivity contribution < 1.29 is 8.83 Å². The van der Waals surface area contributed by atoms with Crippen LogP contribution in [-0.2, 0) is 0 Å². The van der Waals surface area contributed by atoms with Crippen LogP contribution in [0.15, 0.2) is 264 Å². The first-order chi connectivity index (χ1) is 34.7. The number of hydrogen-bond acceptors (Lipinski definition) is 2. The third-order valence-corrected chi connectivity index (χ3v) is 14.4. The summed E-state index contributed by atoms with van der Waals surface area (Å²) in [5, 5.41) is 7.05. The second kappa shape index (κ2) is 16.3. The highest BCUT2D eigenvalue weighted by Crippen LogP contribution is 2.41. The van der Waals surface area contributed by atoms with E-state index >= 15 is 0 Å². The lowest BCUT2D eigenvalue weighted by Gasteiger charge is -2.20. The predicted molar refractivity (Wildman–Crippen MR) is 291 cm³/mol. The Morgan fingerprint density at radius 1 is 0.271 bits per heavy atom. The van der Waals surface area contributed by atoms with Crippen LogP contribution in [0.5, 0.6) is 0 Å². The molecule has 0 amide bonds. The maximum absolute atomic E-state index is 6.46. The summed E-state index contributed by atoms with van der Waals surface area (Å²) in [6.45, 7) is 0. The van der Waals surface area contributed by atoms with E-state index in [9.17, 15) is 0 Å². The Morgan fingerprint density at radius 2 is 0.714 bits per heavy atom. The van der Waals surface area contributed by atoms with Gasteiger partial charge in [0, 0.05) is 49.5 Å². The maximum atomic E-state index is 6.46. The first-order valence-corrected chi connectivity index (χ1v) is 24.0. The number of furan rings is 2. The lowest BCUT2D eigenvalue weighted by Crippen LogP contribution is -2.03. The van der Waals surface area contributed by atoms with E-state index in [1.165, 1.54) is 72.0 Å². The van der Waals surface area contributed by atoms with E-state index in [4.69, 9.17) is 8.83 Å². The lowest BCUT2D eigenvalue weighted by molar-refractivity contribution is 0.669. The number of hydrogen-bond donors (Lipinski definition) is 0. The van der Waals surface area contributed by atoms with Gasteiger partial charge in [0.05, 0.1) is 11.0 Å². The second-order valence-corrected chi connectivity index (χ2v) is 18.4. The van der Waals surface area contributed by atoms with Crippen molar-refractivity contribution in [2.75, 3.05) is 0 Å². The van der Waals surface area contributed by atoms with E-state index in [0.717, 1.165) is 60.6 Å². The molecule has 0 aliphatic heterocycles. The molecule has 1 unspecified atom stereocenters. The van der Waals surface area contributed by atoms with Crippen molar-refractivity contribution in [2.45, 2.75) is 5.92 Å². The van der Waals surface area contributed by atoms with E-state index in [2.05, 4.69) is 235 Å². The van der Waals surface area contributed by atoms with Gasteiger partial charge in [-0.3, -0.25) is 0 Å². The van der Waals surface area contributed by atoms with Crippen molar-refractivity contribution in [3.05, 3.63) is 271 Å². The topological polar surface area (TPSA) is 31.2 Å². The van der Waals surface area contributed by atoms with Crippen molar-refractivity contribution in [1.29, 1.82) is 0 Å². The number of nitrogens with zero attached hydrogens (tertiary/aromatic N) is 1. The Labute approximate surface area is 404 Å². The zero-order valence-electron chi connectivity index (χ0n) is 38.1. The molecular formula is C67H43NO2. The molecule has 3 heteroatoms. The second-order valence-electron chi connectivity index (χ2n) is 18.4.